The topological polar surface area (TPSA) is 66.5 Å². The normalized spacial score (nSPS) is 12.3. The number of hydrogen-bond donors (Lipinski definition) is 1. The number of para-hydroxylation sites is 1. The fraction of sp³-hybridized carbons (Fsp3) is 0.136. The molecule has 5 nitrogen and oxygen atoms in total. The van der Waals surface area contributed by atoms with Crippen molar-refractivity contribution in [1.29, 1.82) is 0 Å². The first-order chi connectivity index (χ1) is 14.6. The van der Waals surface area contributed by atoms with Gasteiger partial charge >= 0.3 is 0 Å². The molecular weight excluding hydrogens is 446 g/mol. The largest absolute Gasteiger partial charge is 0.335 e. The lowest BCUT2D eigenvalue weighted by Crippen LogP contribution is -2.30. The van der Waals surface area contributed by atoms with Crippen molar-refractivity contribution < 1.29 is 22.0 Å². The Bertz CT molecular complexity index is 1230. The van der Waals surface area contributed by atoms with Gasteiger partial charge in [0.2, 0.25) is 0 Å². The van der Waals surface area contributed by atoms with E-state index in [1.807, 2.05) is 0 Å². The van der Waals surface area contributed by atoms with Crippen molar-refractivity contribution in [2.75, 3.05) is 11.8 Å². The van der Waals surface area contributed by atoms with Gasteiger partial charge < -0.3 is 4.90 Å². The first-order valence-electron chi connectivity index (χ1n) is 9.19. The van der Waals surface area contributed by atoms with E-state index in [0.29, 0.717) is 5.56 Å². The summed E-state index contributed by atoms with van der Waals surface area (Å²) in [5.41, 5.74) is 0.739. The van der Waals surface area contributed by atoms with Crippen LogP contribution in [0.25, 0.3) is 0 Å². The fourth-order valence-corrected chi connectivity index (χ4v) is 4.28. The summed E-state index contributed by atoms with van der Waals surface area (Å²) in [6.45, 7) is 1.66. The molecular formula is C22H19ClF2N2O3S. The van der Waals surface area contributed by atoms with Gasteiger partial charge in [0.1, 0.15) is 0 Å². The molecule has 1 unspecified atom stereocenters. The lowest BCUT2D eigenvalue weighted by Gasteiger charge is -2.25. The first kappa shape index (κ1) is 22.7. The number of benzene rings is 3. The van der Waals surface area contributed by atoms with E-state index in [1.54, 1.807) is 25.1 Å². The van der Waals surface area contributed by atoms with Gasteiger partial charge in [-0.3, -0.25) is 9.52 Å². The van der Waals surface area contributed by atoms with Gasteiger partial charge in [0, 0.05) is 12.6 Å². The summed E-state index contributed by atoms with van der Waals surface area (Å²) in [7, 11) is -2.50. The molecule has 0 saturated heterocycles. The third-order valence-electron chi connectivity index (χ3n) is 4.84. The lowest BCUT2D eigenvalue weighted by molar-refractivity contribution is 0.0742. The molecule has 0 aliphatic rings. The maximum Gasteiger partial charge on any atom is 0.261 e. The van der Waals surface area contributed by atoms with Gasteiger partial charge in [-0.05, 0) is 55.0 Å². The van der Waals surface area contributed by atoms with Crippen LogP contribution in [0, 0.1) is 11.6 Å². The number of amides is 1. The number of nitrogens with zero attached hydrogens (tertiary/aromatic N) is 1. The second-order valence-electron chi connectivity index (χ2n) is 6.88. The SMILES string of the molecule is CC(c1ccc(F)c(F)c1)N(C)C(=O)c1cccc(S(=O)(=O)Nc2ccccc2Cl)c1. The molecule has 1 amide bonds. The van der Waals surface area contributed by atoms with E-state index >= 15 is 0 Å². The molecule has 0 aromatic heterocycles. The molecule has 9 heteroatoms. The van der Waals surface area contributed by atoms with E-state index in [4.69, 9.17) is 11.6 Å². The summed E-state index contributed by atoms with van der Waals surface area (Å²) >= 11 is 6.02. The minimum atomic E-state index is -4.00. The van der Waals surface area contributed by atoms with E-state index in [0.717, 1.165) is 12.1 Å². The zero-order valence-corrected chi connectivity index (χ0v) is 18.2. The fourth-order valence-electron chi connectivity index (χ4n) is 2.92. The molecule has 0 aliphatic heterocycles. The number of carbonyl (C=O) groups excluding carboxylic acids is 1. The summed E-state index contributed by atoms with van der Waals surface area (Å²) in [4.78, 5) is 14.1. The maximum atomic E-state index is 13.6. The second-order valence-corrected chi connectivity index (χ2v) is 8.97. The summed E-state index contributed by atoms with van der Waals surface area (Å²) in [6, 6.07) is 14.7. The third-order valence-corrected chi connectivity index (χ3v) is 6.53. The van der Waals surface area contributed by atoms with Crippen LogP contribution in [0.15, 0.2) is 71.6 Å². The van der Waals surface area contributed by atoms with Crippen molar-refractivity contribution in [1.82, 2.24) is 4.90 Å². The Morgan fingerprint density at radius 3 is 2.39 bits per heavy atom. The van der Waals surface area contributed by atoms with Gasteiger partial charge in [0.25, 0.3) is 15.9 Å². The Balaban J connectivity index is 1.85. The number of halogens is 3. The molecule has 3 aromatic carbocycles. The van der Waals surface area contributed by atoms with Crippen LogP contribution >= 0.6 is 11.6 Å². The zero-order valence-electron chi connectivity index (χ0n) is 16.6. The highest BCUT2D eigenvalue weighted by molar-refractivity contribution is 7.92. The Hall–Kier alpha value is -2.97. The Kier molecular flexibility index (Phi) is 6.62. The molecule has 0 saturated carbocycles. The highest BCUT2D eigenvalue weighted by Gasteiger charge is 2.22. The van der Waals surface area contributed by atoms with Crippen LogP contribution in [0.1, 0.15) is 28.9 Å². The average Bonchev–Trinajstić information content (AvgIpc) is 2.75. The molecule has 0 bridgehead atoms. The van der Waals surface area contributed by atoms with Gasteiger partial charge in [-0.2, -0.15) is 0 Å². The van der Waals surface area contributed by atoms with Gasteiger partial charge in [-0.15, -0.1) is 0 Å². The highest BCUT2D eigenvalue weighted by Crippen LogP contribution is 2.26. The number of rotatable bonds is 6. The average molecular weight is 465 g/mol. The minimum absolute atomic E-state index is 0.118. The van der Waals surface area contributed by atoms with Crippen molar-refractivity contribution >= 4 is 33.2 Å². The van der Waals surface area contributed by atoms with Gasteiger partial charge in [-0.1, -0.05) is 35.9 Å². The van der Waals surface area contributed by atoms with E-state index in [-0.39, 0.29) is 21.2 Å². The predicted octanol–water partition coefficient (Wildman–Crippen LogP) is 5.25. The van der Waals surface area contributed by atoms with Gasteiger partial charge in [0.05, 0.1) is 21.6 Å². The molecule has 0 fully saturated rings. The molecule has 3 aromatic rings. The Labute approximate surface area is 184 Å². The number of nitrogens with one attached hydrogen (secondary N) is 1. The lowest BCUT2D eigenvalue weighted by atomic mass is 10.1. The van der Waals surface area contributed by atoms with Crippen molar-refractivity contribution in [3.05, 3.63) is 94.5 Å². The van der Waals surface area contributed by atoms with Crippen molar-refractivity contribution in [2.45, 2.75) is 17.9 Å². The van der Waals surface area contributed by atoms with Crippen molar-refractivity contribution in [3.63, 3.8) is 0 Å². The van der Waals surface area contributed by atoms with E-state index in [1.165, 1.54) is 48.3 Å². The Morgan fingerprint density at radius 2 is 1.71 bits per heavy atom. The van der Waals surface area contributed by atoms with Gasteiger partial charge in [0.15, 0.2) is 11.6 Å². The molecule has 0 spiro atoms. The molecule has 0 heterocycles. The molecule has 1 N–H and O–H groups in total. The van der Waals surface area contributed by atoms with Crippen LogP contribution < -0.4 is 4.72 Å². The number of carbonyl (C=O) groups is 1. The molecule has 1 atom stereocenters. The van der Waals surface area contributed by atoms with Gasteiger partial charge in [-0.25, -0.2) is 17.2 Å². The summed E-state index contributed by atoms with van der Waals surface area (Å²) in [5.74, 6) is -2.47. The molecule has 3 rings (SSSR count). The van der Waals surface area contributed by atoms with Crippen LogP contribution in [-0.4, -0.2) is 26.3 Å². The highest BCUT2D eigenvalue weighted by atomic mass is 35.5. The van der Waals surface area contributed by atoms with E-state index in [9.17, 15) is 22.0 Å². The summed E-state index contributed by atoms with van der Waals surface area (Å²) in [5, 5.41) is 0.235. The predicted molar refractivity (Wildman–Crippen MR) is 116 cm³/mol. The van der Waals surface area contributed by atoms with Crippen LogP contribution in [0.5, 0.6) is 0 Å². The quantitative estimate of drug-likeness (QED) is 0.541. The van der Waals surface area contributed by atoms with Crippen LogP contribution in [0.4, 0.5) is 14.5 Å². The van der Waals surface area contributed by atoms with E-state index < -0.39 is 33.6 Å². The van der Waals surface area contributed by atoms with Crippen LogP contribution in [0.2, 0.25) is 5.02 Å². The summed E-state index contributed by atoms with van der Waals surface area (Å²) < 4.78 is 54.7. The molecule has 0 aliphatic carbocycles. The Morgan fingerprint density at radius 1 is 1.00 bits per heavy atom. The zero-order chi connectivity index (χ0) is 22.8. The minimum Gasteiger partial charge on any atom is -0.335 e. The smallest absolute Gasteiger partial charge is 0.261 e. The third kappa shape index (κ3) is 5.03. The number of anilines is 1. The summed E-state index contributed by atoms with van der Waals surface area (Å²) in [6.07, 6.45) is 0. The molecule has 31 heavy (non-hydrogen) atoms. The van der Waals surface area contributed by atoms with Crippen LogP contribution in [-0.2, 0) is 10.0 Å². The second kappa shape index (κ2) is 9.03. The monoisotopic (exact) mass is 464 g/mol. The van der Waals surface area contributed by atoms with Crippen LogP contribution in [0.3, 0.4) is 0 Å². The first-order valence-corrected chi connectivity index (χ1v) is 11.1. The van der Waals surface area contributed by atoms with Crippen molar-refractivity contribution in [2.24, 2.45) is 0 Å². The maximum absolute atomic E-state index is 13.6. The standard InChI is InChI=1S/C22H19ClF2N2O3S/c1-14(15-10-11-19(24)20(25)13-15)27(2)22(28)16-6-5-7-17(12-16)31(29,30)26-21-9-4-3-8-18(21)23/h3-14,26H,1-2H3. The number of sulfonamides is 1. The molecule has 0 radical (unpaired) electrons. The molecule has 162 valence electrons. The van der Waals surface area contributed by atoms with Crippen molar-refractivity contribution in [3.8, 4) is 0 Å². The van der Waals surface area contributed by atoms with E-state index in [2.05, 4.69) is 4.72 Å². The number of hydrogen-bond acceptors (Lipinski definition) is 3.